The van der Waals surface area contributed by atoms with E-state index in [1.54, 1.807) is 0 Å². The summed E-state index contributed by atoms with van der Waals surface area (Å²) in [5.74, 6) is 0.997. The van der Waals surface area contributed by atoms with E-state index in [9.17, 15) is 20.1 Å². The molecule has 0 aromatic carbocycles. The molecule has 0 radical (unpaired) electrons. The van der Waals surface area contributed by atoms with Crippen LogP contribution < -0.4 is 0 Å². The van der Waals surface area contributed by atoms with Gasteiger partial charge in [0.05, 0.1) is 18.3 Å². The zero-order chi connectivity index (χ0) is 21.1. The second kappa shape index (κ2) is 7.49. The Kier molecular flexibility index (Phi) is 5.57. The molecule has 11 atom stereocenters. The third-order valence-electron chi connectivity index (χ3n) is 10.3. The molecule has 4 aliphatic carbocycles. The molecule has 29 heavy (non-hydrogen) atoms. The molecule has 5 nitrogen and oxygen atoms in total. The fourth-order valence-corrected chi connectivity index (χ4v) is 8.68. The lowest BCUT2D eigenvalue weighted by Crippen LogP contribution is -2.62. The van der Waals surface area contributed by atoms with E-state index in [0.29, 0.717) is 30.1 Å². The summed E-state index contributed by atoms with van der Waals surface area (Å²) in [7, 11) is 0. The van der Waals surface area contributed by atoms with Gasteiger partial charge in [0.1, 0.15) is 0 Å². The Bertz CT molecular complexity index is 637. The maximum Gasteiger partial charge on any atom is 0.303 e. The minimum atomic E-state index is -0.748. The number of aliphatic hydroxyl groups is 3. The largest absolute Gasteiger partial charge is 0.481 e. The van der Waals surface area contributed by atoms with Crippen molar-refractivity contribution >= 4 is 5.97 Å². The average molecular weight is 409 g/mol. The van der Waals surface area contributed by atoms with Crippen LogP contribution in [0.4, 0.5) is 0 Å². The zero-order valence-electron chi connectivity index (χ0n) is 18.3. The van der Waals surface area contributed by atoms with E-state index < -0.39 is 12.1 Å². The summed E-state index contributed by atoms with van der Waals surface area (Å²) in [5.41, 5.74) is -0.143. The topological polar surface area (TPSA) is 98.0 Å². The summed E-state index contributed by atoms with van der Waals surface area (Å²) in [6.45, 7) is 6.72. The number of carbonyl (C=O) groups is 1. The Morgan fingerprint density at radius 3 is 2.45 bits per heavy atom. The molecule has 0 aromatic rings. The summed E-state index contributed by atoms with van der Waals surface area (Å²) >= 11 is 0. The summed E-state index contributed by atoms with van der Waals surface area (Å²) in [4.78, 5) is 11.1. The molecule has 0 amide bonds. The fourth-order valence-electron chi connectivity index (χ4n) is 8.68. The van der Waals surface area contributed by atoms with Gasteiger partial charge in [0.25, 0.3) is 0 Å². The van der Waals surface area contributed by atoms with Gasteiger partial charge in [-0.25, -0.2) is 0 Å². The SMILES string of the molecule is C[C@H](CCC(=O)O)[C@H]1CC[C@H]2[C@@H]3C(O)C[C@@H]4CC(O)CC[C@]4(C)[C@H]3CC(O)[C@]12C. The minimum absolute atomic E-state index is 0.0957. The van der Waals surface area contributed by atoms with E-state index in [1.807, 2.05) is 0 Å². The Morgan fingerprint density at radius 2 is 1.76 bits per heavy atom. The maximum atomic E-state index is 11.5. The van der Waals surface area contributed by atoms with E-state index in [1.165, 1.54) is 0 Å². The number of fused-ring (bicyclic) bond motifs is 5. The van der Waals surface area contributed by atoms with E-state index in [0.717, 1.165) is 44.9 Å². The van der Waals surface area contributed by atoms with Crippen molar-refractivity contribution in [3.05, 3.63) is 0 Å². The Balaban J connectivity index is 1.61. The third kappa shape index (κ3) is 3.27. The van der Waals surface area contributed by atoms with Crippen LogP contribution in [-0.2, 0) is 4.79 Å². The van der Waals surface area contributed by atoms with Crippen molar-refractivity contribution in [1.29, 1.82) is 0 Å². The molecule has 4 saturated carbocycles. The van der Waals surface area contributed by atoms with Crippen molar-refractivity contribution in [3.63, 3.8) is 0 Å². The van der Waals surface area contributed by atoms with Crippen LogP contribution in [0.5, 0.6) is 0 Å². The van der Waals surface area contributed by atoms with Crippen molar-refractivity contribution in [3.8, 4) is 0 Å². The number of aliphatic carboxylic acids is 1. The first kappa shape index (κ1) is 21.6. The zero-order valence-corrected chi connectivity index (χ0v) is 18.3. The molecule has 0 spiro atoms. The number of hydrogen-bond donors (Lipinski definition) is 4. The van der Waals surface area contributed by atoms with E-state index in [4.69, 9.17) is 5.11 Å². The van der Waals surface area contributed by atoms with Crippen LogP contribution in [0, 0.1) is 46.3 Å². The van der Waals surface area contributed by atoms with Gasteiger partial charge in [-0.05, 0) is 97.7 Å². The van der Waals surface area contributed by atoms with Crippen LogP contribution in [-0.4, -0.2) is 44.7 Å². The van der Waals surface area contributed by atoms with Crippen molar-refractivity contribution in [2.45, 2.75) is 96.9 Å². The number of carboxylic acid groups (broad SMARTS) is 1. The number of rotatable bonds is 4. The lowest BCUT2D eigenvalue weighted by molar-refractivity contribution is -0.207. The van der Waals surface area contributed by atoms with E-state index >= 15 is 0 Å². The highest BCUT2D eigenvalue weighted by atomic mass is 16.4. The summed E-state index contributed by atoms with van der Waals surface area (Å²) in [6, 6.07) is 0. The molecule has 4 fully saturated rings. The predicted octanol–water partition coefficient (Wildman–Crippen LogP) is 3.45. The highest BCUT2D eigenvalue weighted by Crippen LogP contribution is 2.68. The molecule has 5 heteroatoms. The van der Waals surface area contributed by atoms with Crippen molar-refractivity contribution in [2.24, 2.45) is 46.3 Å². The molecule has 0 saturated heterocycles. The molecule has 4 aliphatic rings. The van der Waals surface area contributed by atoms with Gasteiger partial charge in [-0.2, -0.15) is 0 Å². The van der Waals surface area contributed by atoms with Gasteiger partial charge >= 0.3 is 5.97 Å². The smallest absolute Gasteiger partial charge is 0.303 e. The summed E-state index contributed by atoms with van der Waals surface area (Å²) in [6.07, 6.45) is 6.00. The third-order valence-corrected chi connectivity index (χ3v) is 10.3. The molecule has 3 unspecified atom stereocenters. The molecular weight excluding hydrogens is 368 g/mol. The molecule has 0 bridgehead atoms. The van der Waals surface area contributed by atoms with Crippen LogP contribution in [0.25, 0.3) is 0 Å². The molecule has 0 aromatic heterocycles. The highest BCUT2D eigenvalue weighted by molar-refractivity contribution is 5.66. The first-order valence-corrected chi connectivity index (χ1v) is 11.8. The number of hydrogen-bond acceptors (Lipinski definition) is 4. The van der Waals surface area contributed by atoms with Crippen LogP contribution in [0.3, 0.4) is 0 Å². The Morgan fingerprint density at radius 1 is 1.03 bits per heavy atom. The summed E-state index contributed by atoms with van der Waals surface area (Å²) in [5, 5.41) is 42.0. The predicted molar refractivity (Wildman–Crippen MR) is 110 cm³/mol. The quantitative estimate of drug-likeness (QED) is 0.571. The van der Waals surface area contributed by atoms with Gasteiger partial charge in [-0.3, -0.25) is 4.79 Å². The number of carboxylic acids is 1. The second-order valence-electron chi connectivity index (χ2n) is 11.4. The normalized spacial score (nSPS) is 52.9. The molecular formula is C24H40O5. The summed E-state index contributed by atoms with van der Waals surface area (Å²) < 4.78 is 0. The highest BCUT2D eigenvalue weighted by Gasteiger charge is 2.65. The monoisotopic (exact) mass is 408 g/mol. The Hall–Kier alpha value is -0.650. The molecule has 0 heterocycles. The lowest BCUT2D eigenvalue weighted by atomic mass is 9.43. The van der Waals surface area contributed by atoms with E-state index in [2.05, 4.69) is 20.8 Å². The second-order valence-corrected chi connectivity index (χ2v) is 11.4. The van der Waals surface area contributed by atoms with Crippen LogP contribution in [0.1, 0.15) is 78.6 Å². The van der Waals surface area contributed by atoms with Gasteiger partial charge in [0.2, 0.25) is 0 Å². The standard InChI is InChI=1S/C24H40O5/c1-13(4-7-21(28)29)16-5-6-17-22-18(12-20(27)24(16,17)3)23(2)9-8-15(25)10-14(23)11-19(22)26/h13-20,22,25-27H,4-12H2,1-3H3,(H,28,29)/t13-,14+,15?,16-,17+,18+,19?,20?,22+,23+,24-/m1/s1. The van der Waals surface area contributed by atoms with Gasteiger partial charge in [-0.1, -0.05) is 20.8 Å². The van der Waals surface area contributed by atoms with Gasteiger partial charge in [0.15, 0.2) is 0 Å². The van der Waals surface area contributed by atoms with Crippen molar-refractivity contribution in [1.82, 2.24) is 0 Å². The molecule has 166 valence electrons. The minimum Gasteiger partial charge on any atom is -0.481 e. The van der Waals surface area contributed by atoms with Crippen molar-refractivity contribution < 1.29 is 25.2 Å². The lowest BCUT2D eigenvalue weighted by Gasteiger charge is -2.63. The van der Waals surface area contributed by atoms with Gasteiger partial charge in [0, 0.05) is 6.42 Å². The van der Waals surface area contributed by atoms with Crippen LogP contribution in [0.2, 0.25) is 0 Å². The van der Waals surface area contributed by atoms with Gasteiger partial charge in [-0.15, -0.1) is 0 Å². The van der Waals surface area contributed by atoms with Gasteiger partial charge < -0.3 is 20.4 Å². The Labute approximate surface area is 174 Å². The maximum absolute atomic E-state index is 11.5. The fraction of sp³-hybridized carbons (Fsp3) is 0.958. The average Bonchev–Trinajstić information content (AvgIpc) is 3.01. The van der Waals surface area contributed by atoms with Crippen LogP contribution >= 0.6 is 0 Å². The number of aliphatic hydroxyl groups excluding tert-OH is 3. The molecule has 4 rings (SSSR count). The van der Waals surface area contributed by atoms with E-state index in [-0.39, 0.29) is 41.3 Å². The first-order chi connectivity index (χ1) is 13.6. The van der Waals surface area contributed by atoms with Crippen LogP contribution in [0.15, 0.2) is 0 Å². The molecule has 0 aliphatic heterocycles. The molecule has 4 N–H and O–H groups in total. The van der Waals surface area contributed by atoms with Crippen molar-refractivity contribution in [2.75, 3.05) is 0 Å². The first-order valence-electron chi connectivity index (χ1n) is 11.8.